The van der Waals surface area contributed by atoms with Gasteiger partial charge >= 0.3 is 5.97 Å². The predicted octanol–water partition coefficient (Wildman–Crippen LogP) is 6.10. The van der Waals surface area contributed by atoms with Crippen LogP contribution in [0.2, 0.25) is 0 Å². The minimum Gasteiger partial charge on any atom is -0.513 e. The molecule has 0 heterocycles. The molecule has 0 fully saturated rings. The van der Waals surface area contributed by atoms with Crippen molar-refractivity contribution < 1.29 is 15.0 Å². The molecule has 3 nitrogen and oxygen atoms in total. The van der Waals surface area contributed by atoms with Gasteiger partial charge in [0.1, 0.15) is 0 Å². The molecule has 0 aliphatic rings. The van der Waals surface area contributed by atoms with Crippen molar-refractivity contribution in [1.82, 2.24) is 0 Å². The lowest BCUT2D eigenvalue weighted by molar-refractivity contribution is -0.137. The Morgan fingerprint density at radius 3 is 2.00 bits per heavy atom. The van der Waals surface area contributed by atoms with Crippen LogP contribution in [0, 0.1) is 0 Å². The second-order valence-corrected chi connectivity index (χ2v) is 5.56. The van der Waals surface area contributed by atoms with Crippen LogP contribution in [-0.2, 0) is 4.79 Å². The number of aliphatic hydroxyl groups is 1. The van der Waals surface area contributed by atoms with Crippen molar-refractivity contribution in [2.24, 2.45) is 0 Å². The maximum absolute atomic E-state index is 10.3. The standard InChI is InChI=1S/C20H32O3/c1-2-3-13-16-19(21)17-14-11-9-7-5-4-6-8-10-12-15-18-20(22)23/h4-5,8-11,17,21H,2-3,6-7,12-16,18H2,1H3,(H,22,23)/b5-4+,10-8+,11-9+,19-17+. The van der Waals surface area contributed by atoms with Crippen molar-refractivity contribution in [2.75, 3.05) is 0 Å². The Kier molecular flexibility index (Phi) is 15.3. The lowest BCUT2D eigenvalue weighted by Gasteiger charge is -1.97. The van der Waals surface area contributed by atoms with Crippen molar-refractivity contribution in [3.05, 3.63) is 48.3 Å². The molecule has 0 saturated carbocycles. The average molecular weight is 320 g/mol. The Morgan fingerprint density at radius 2 is 1.39 bits per heavy atom. The fourth-order valence-electron chi connectivity index (χ4n) is 1.99. The fourth-order valence-corrected chi connectivity index (χ4v) is 1.99. The van der Waals surface area contributed by atoms with Crippen LogP contribution in [0.25, 0.3) is 0 Å². The van der Waals surface area contributed by atoms with E-state index in [1.807, 2.05) is 12.2 Å². The number of carboxylic acid groups (broad SMARTS) is 1. The number of carbonyl (C=O) groups is 1. The molecule has 23 heavy (non-hydrogen) atoms. The lowest BCUT2D eigenvalue weighted by Crippen LogP contribution is -1.92. The number of carboxylic acids is 1. The third kappa shape index (κ3) is 18.2. The highest BCUT2D eigenvalue weighted by Crippen LogP contribution is 2.07. The van der Waals surface area contributed by atoms with E-state index in [0.717, 1.165) is 38.5 Å². The zero-order chi connectivity index (χ0) is 17.2. The second-order valence-electron chi connectivity index (χ2n) is 5.56. The number of rotatable bonds is 14. The Morgan fingerprint density at radius 1 is 0.783 bits per heavy atom. The Balaban J connectivity index is 3.56. The smallest absolute Gasteiger partial charge is 0.303 e. The first-order valence-corrected chi connectivity index (χ1v) is 8.71. The molecule has 0 saturated heterocycles. The van der Waals surface area contributed by atoms with Crippen molar-refractivity contribution in [3.63, 3.8) is 0 Å². The van der Waals surface area contributed by atoms with E-state index >= 15 is 0 Å². The van der Waals surface area contributed by atoms with Crippen LogP contribution in [0.15, 0.2) is 48.3 Å². The van der Waals surface area contributed by atoms with E-state index in [1.165, 1.54) is 12.8 Å². The number of allylic oxidation sites excluding steroid dienone is 8. The number of aliphatic carboxylic acids is 1. The van der Waals surface area contributed by atoms with Crippen LogP contribution in [-0.4, -0.2) is 16.2 Å². The highest BCUT2D eigenvalue weighted by atomic mass is 16.4. The van der Waals surface area contributed by atoms with Crippen LogP contribution in [0.1, 0.15) is 71.1 Å². The molecule has 3 heteroatoms. The summed E-state index contributed by atoms with van der Waals surface area (Å²) in [6, 6.07) is 0. The second kappa shape index (κ2) is 16.6. The summed E-state index contributed by atoms with van der Waals surface area (Å²) in [4.78, 5) is 10.3. The van der Waals surface area contributed by atoms with Gasteiger partial charge in [0.25, 0.3) is 0 Å². The van der Waals surface area contributed by atoms with Crippen molar-refractivity contribution in [1.29, 1.82) is 0 Å². The zero-order valence-electron chi connectivity index (χ0n) is 14.4. The van der Waals surface area contributed by atoms with Crippen LogP contribution < -0.4 is 0 Å². The predicted molar refractivity (Wildman–Crippen MR) is 97.6 cm³/mol. The number of hydrogen-bond donors (Lipinski definition) is 2. The minimum absolute atomic E-state index is 0.244. The quantitative estimate of drug-likeness (QED) is 0.231. The first kappa shape index (κ1) is 21.2. The van der Waals surface area contributed by atoms with Gasteiger partial charge in [-0.05, 0) is 44.6 Å². The summed E-state index contributed by atoms with van der Waals surface area (Å²) in [5.41, 5.74) is 0. The molecule has 0 rings (SSSR count). The van der Waals surface area contributed by atoms with Gasteiger partial charge in [0.05, 0.1) is 5.76 Å². The SMILES string of the molecule is CCCCC/C(O)=C\C/C=C/C/C=C/C/C=C/CCCC(=O)O. The van der Waals surface area contributed by atoms with E-state index in [4.69, 9.17) is 5.11 Å². The van der Waals surface area contributed by atoms with Gasteiger partial charge in [-0.15, -0.1) is 0 Å². The molecule has 0 radical (unpaired) electrons. The molecule has 0 aromatic rings. The van der Waals surface area contributed by atoms with Crippen molar-refractivity contribution in [2.45, 2.75) is 71.1 Å². The molecule has 0 bridgehead atoms. The molecule has 0 spiro atoms. The number of hydrogen-bond acceptors (Lipinski definition) is 2. The van der Waals surface area contributed by atoms with Gasteiger partial charge in [-0.2, -0.15) is 0 Å². The van der Waals surface area contributed by atoms with Crippen LogP contribution in [0.4, 0.5) is 0 Å². The Hall–Kier alpha value is -1.77. The van der Waals surface area contributed by atoms with E-state index in [1.54, 1.807) is 0 Å². The Bertz CT molecular complexity index is 403. The fraction of sp³-hybridized carbons (Fsp3) is 0.550. The van der Waals surface area contributed by atoms with Crippen LogP contribution in [0.3, 0.4) is 0 Å². The van der Waals surface area contributed by atoms with E-state index < -0.39 is 5.97 Å². The molecule has 0 atom stereocenters. The largest absolute Gasteiger partial charge is 0.513 e. The summed E-state index contributed by atoms with van der Waals surface area (Å²) in [7, 11) is 0. The summed E-state index contributed by atoms with van der Waals surface area (Å²) < 4.78 is 0. The molecular formula is C20H32O3. The number of aliphatic hydroxyl groups excluding tert-OH is 1. The van der Waals surface area contributed by atoms with E-state index in [-0.39, 0.29) is 6.42 Å². The molecule has 0 amide bonds. The van der Waals surface area contributed by atoms with Crippen LogP contribution >= 0.6 is 0 Å². The topological polar surface area (TPSA) is 57.5 Å². The van der Waals surface area contributed by atoms with Gasteiger partial charge in [-0.1, -0.05) is 56.2 Å². The molecule has 0 aliphatic carbocycles. The van der Waals surface area contributed by atoms with Gasteiger partial charge in [-0.25, -0.2) is 0 Å². The summed E-state index contributed by atoms with van der Waals surface area (Å²) in [5.74, 6) is -0.221. The van der Waals surface area contributed by atoms with Crippen LogP contribution in [0.5, 0.6) is 0 Å². The molecule has 0 aromatic carbocycles. The normalized spacial score (nSPS) is 12.8. The van der Waals surface area contributed by atoms with Crippen molar-refractivity contribution >= 4 is 5.97 Å². The maximum Gasteiger partial charge on any atom is 0.303 e. The molecule has 0 aromatic heterocycles. The maximum atomic E-state index is 10.3. The average Bonchev–Trinajstić information content (AvgIpc) is 2.51. The van der Waals surface area contributed by atoms with E-state index in [0.29, 0.717) is 12.2 Å². The Labute approximate surface area is 141 Å². The molecule has 0 aliphatic heterocycles. The van der Waals surface area contributed by atoms with Gasteiger partial charge in [0, 0.05) is 12.8 Å². The molecular weight excluding hydrogens is 288 g/mol. The lowest BCUT2D eigenvalue weighted by atomic mass is 10.1. The van der Waals surface area contributed by atoms with E-state index in [9.17, 15) is 9.90 Å². The van der Waals surface area contributed by atoms with Gasteiger partial charge in [0.15, 0.2) is 0 Å². The molecule has 0 unspecified atom stereocenters. The highest BCUT2D eigenvalue weighted by Gasteiger charge is 1.93. The minimum atomic E-state index is -0.728. The summed E-state index contributed by atoms with van der Waals surface area (Å²) in [6.07, 6.45) is 22.9. The highest BCUT2D eigenvalue weighted by molar-refractivity contribution is 5.66. The number of unbranched alkanes of at least 4 members (excludes halogenated alkanes) is 3. The monoisotopic (exact) mass is 320 g/mol. The first-order valence-electron chi connectivity index (χ1n) is 8.71. The van der Waals surface area contributed by atoms with Crippen molar-refractivity contribution in [3.8, 4) is 0 Å². The molecule has 130 valence electrons. The summed E-state index contributed by atoms with van der Waals surface area (Å²) in [5, 5.41) is 18.1. The summed E-state index contributed by atoms with van der Waals surface area (Å²) >= 11 is 0. The molecule has 2 N–H and O–H groups in total. The van der Waals surface area contributed by atoms with Gasteiger partial charge in [-0.3, -0.25) is 4.79 Å². The third-order valence-corrected chi connectivity index (χ3v) is 3.33. The van der Waals surface area contributed by atoms with Gasteiger partial charge in [0.2, 0.25) is 0 Å². The third-order valence-electron chi connectivity index (χ3n) is 3.33. The summed E-state index contributed by atoms with van der Waals surface area (Å²) in [6.45, 7) is 2.16. The van der Waals surface area contributed by atoms with E-state index in [2.05, 4.69) is 37.3 Å². The van der Waals surface area contributed by atoms with Gasteiger partial charge < -0.3 is 10.2 Å². The zero-order valence-corrected chi connectivity index (χ0v) is 14.4. The first-order chi connectivity index (χ1) is 11.2.